The fourth-order valence-corrected chi connectivity index (χ4v) is 3.57. The normalized spacial score (nSPS) is 18.9. The summed E-state index contributed by atoms with van der Waals surface area (Å²) in [6.45, 7) is 2.50. The summed E-state index contributed by atoms with van der Waals surface area (Å²) in [6.07, 6.45) is 4.68. The first kappa shape index (κ1) is 17.3. The summed E-state index contributed by atoms with van der Waals surface area (Å²) in [6, 6.07) is 9.21. The van der Waals surface area contributed by atoms with Crippen LogP contribution in [0.25, 0.3) is 0 Å². The van der Waals surface area contributed by atoms with Crippen molar-refractivity contribution >= 4 is 28.9 Å². The summed E-state index contributed by atoms with van der Waals surface area (Å²) in [7, 11) is 0. The van der Waals surface area contributed by atoms with Crippen LogP contribution in [0.3, 0.4) is 0 Å². The van der Waals surface area contributed by atoms with E-state index in [1.165, 1.54) is 0 Å². The number of likely N-dealkylation sites (tertiary alicyclic amines) is 1. The highest BCUT2D eigenvalue weighted by molar-refractivity contribution is 6.30. The first-order valence-electron chi connectivity index (χ1n) is 8.68. The van der Waals surface area contributed by atoms with Crippen molar-refractivity contribution in [2.45, 2.75) is 18.6 Å². The van der Waals surface area contributed by atoms with Crippen LogP contribution in [-0.4, -0.2) is 47.9 Å². The zero-order valence-corrected chi connectivity index (χ0v) is 15.0. The van der Waals surface area contributed by atoms with Gasteiger partial charge in [0.05, 0.1) is 30.7 Å². The molecule has 0 radical (unpaired) electrons. The van der Waals surface area contributed by atoms with Crippen LogP contribution in [0.15, 0.2) is 42.7 Å². The van der Waals surface area contributed by atoms with Crippen molar-refractivity contribution in [3.05, 3.63) is 53.3 Å². The number of halogens is 1. The average molecular weight is 374 g/mol. The molecule has 0 unspecified atom stereocenters. The second kappa shape index (κ2) is 7.23. The Labute approximate surface area is 157 Å². The van der Waals surface area contributed by atoms with Crippen LogP contribution in [0, 0.1) is 0 Å². The molecule has 4 rings (SSSR count). The molecule has 0 aliphatic carbocycles. The van der Waals surface area contributed by atoms with E-state index < -0.39 is 5.79 Å². The van der Waals surface area contributed by atoms with E-state index in [2.05, 4.69) is 10.3 Å². The number of amides is 1. The van der Waals surface area contributed by atoms with Gasteiger partial charge in [-0.3, -0.25) is 9.78 Å². The number of anilines is 2. The highest BCUT2D eigenvalue weighted by Gasteiger charge is 2.40. The molecule has 2 fully saturated rings. The molecule has 2 aromatic rings. The van der Waals surface area contributed by atoms with Gasteiger partial charge in [0, 0.05) is 42.8 Å². The lowest BCUT2D eigenvalue weighted by molar-refractivity contribution is -0.181. The van der Waals surface area contributed by atoms with Gasteiger partial charge in [0.25, 0.3) is 5.91 Å². The molecule has 1 aromatic carbocycles. The number of ether oxygens (including phenoxy) is 2. The fraction of sp³-hybridized carbons (Fsp3) is 0.368. The molecule has 7 heteroatoms. The van der Waals surface area contributed by atoms with Crippen LogP contribution >= 0.6 is 11.6 Å². The van der Waals surface area contributed by atoms with Crippen molar-refractivity contribution in [2.24, 2.45) is 0 Å². The van der Waals surface area contributed by atoms with Gasteiger partial charge in [-0.2, -0.15) is 0 Å². The summed E-state index contributed by atoms with van der Waals surface area (Å²) in [5.74, 6) is -0.509. The van der Waals surface area contributed by atoms with E-state index in [0.29, 0.717) is 49.7 Å². The van der Waals surface area contributed by atoms with Crippen molar-refractivity contribution in [1.82, 2.24) is 9.88 Å². The number of carbonyl (C=O) groups is 1. The molecule has 0 bridgehead atoms. The number of hydrogen-bond acceptors (Lipinski definition) is 5. The van der Waals surface area contributed by atoms with E-state index in [1.807, 2.05) is 35.2 Å². The SMILES string of the molecule is O=C(c1cncc(Nc2cccc(Cl)c2)c1)N1CCC2(CC1)OCCO2. The average Bonchev–Trinajstić information content (AvgIpc) is 3.10. The molecule has 0 atom stereocenters. The van der Waals surface area contributed by atoms with E-state index in [1.54, 1.807) is 12.4 Å². The lowest BCUT2D eigenvalue weighted by Crippen LogP contribution is -2.47. The quantitative estimate of drug-likeness (QED) is 0.892. The van der Waals surface area contributed by atoms with Crippen LogP contribution in [0.2, 0.25) is 5.02 Å². The molecule has 2 saturated heterocycles. The predicted octanol–water partition coefficient (Wildman–Crippen LogP) is 3.46. The molecule has 3 heterocycles. The van der Waals surface area contributed by atoms with Gasteiger partial charge in [0.2, 0.25) is 0 Å². The Morgan fingerprint density at radius 3 is 2.62 bits per heavy atom. The Bertz CT molecular complexity index is 798. The van der Waals surface area contributed by atoms with Crippen molar-refractivity contribution < 1.29 is 14.3 Å². The number of hydrogen-bond donors (Lipinski definition) is 1. The number of carbonyl (C=O) groups excluding carboxylic acids is 1. The predicted molar refractivity (Wildman–Crippen MR) is 98.7 cm³/mol. The maximum Gasteiger partial charge on any atom is 0.255 e. The van der Waals surface area contributed by atoms with Crippen LogP contribution in [0.5, 0.6) is 0 Å². The Kier molecular flexibility index (Phi) is 4.80. The molecule has 136 valence electrons. The molecule has 1 N–H and O–H groups in total. The number of aromatic nitrogens is 1. The number of piperidine rings is 1. The summed E-state index contributed by atoms with van der Waals surface area (Å²) in [5.41, 5.74) is 2.15. The highest BCUT2D eigenvalue weighted by Crippen LogP contribution is 2.32. The number of nitrogens with zero attached hydrogens (tertiary/aromatic N) is 2. The van der Waals surface area contributed by atoms with Crippen molar-refractivity contribution in [3.8, 4) is 0 Å². The zero-order valence-electron chi connectivity index (χ0n) is 14.3. The topological polar surface area (TPSA) is 63.7 Å². The third-order valence-electron chi connectivity index (χ3n) is 4.72. The van der Waals surface area contributed by atoms with Crippen LogP contribution in [0.4, 0.5) is 11.4 Å². The highest BCUT2D eigenvalue weighted by atomic mass is 35.5. The molecule has 2 aliphatic rings. The summed E-state index contributed by atoms with van der Waals surface area (Å²) >= 11 is 6.01. The van der Waals surface area contributed by atoms with E-state index in [4.69, 9.17) is 21.1 Å². The van der Waals surface area contributed by atoms with Gasteiger partial charge in [-0.15, -0.1) is 0 Å². The van der Waals surface area contributed by atoms with E-state index in [-0.39, 0.29) is 5.91 Å². The minimum absolute atomic E-state index is 0.0277. The molecule has 2 aliphatic heterocycles. The zero-order chi connectivity index (χ0) is 18.0. The number of pyridine rings is 1. The smallest absolute Gasteiger partial charge is 0.255 e. The van der Waals surface area contributed by atoms with Crippen molar-refractivity contribution in [2.75, 3.05) is 31.6 Å². The standard InChI is InChI=1S/C19H20ClN3O3/c20-15-2-1-3-16(11-15)22-17-10-14(12-21-13-17)18(24)23-6-4-19(5-7-23)25-8-9-26-19/h1-3,10-13,22H,4-9H2. The fourth-order valence-electron chi connectivity index (χ4n) is 3.38. The van der Waals surface area contributed by atoms with Gasteiger partial charge >= 0.3 is 0 Å². The minimum Gasteiger partial charge on any atom is -0.354 e. The van der Waals surface area contributed by atoms with Gasteiger partial charge < -0.3 is 19.7 Å². The monoisotopic (exact) mass is 373 g/mol. The maximum atomic E-state index is 12.8. The van der Waals surface area contributed by atoms with Gasteiger partial charge in [-0.1, -0.05) is 17.7 Å². The molecule has 0 saturated carbocycles. The van der Waals surface area contributed by atoms with E-state index in [0.717, 1.165) is 11.4 Å². The second-order valence-electron chi connectivity index (χ2n) is 6.50. The Balaban J connectivity index is 1.43. The third kappa shape index (κ3) is 3.67. The van der Waals surface area contributed by atoms with Crippen LogP contribution < -0.4 is 5.32 Å². The van der Waals surface area contributed by atoms with Crippen LogP contribution in [-0.2, 0) is 9.47 Å². The molecular formula is C19H20ClN3O3. The molecule has 6 nitrogen and oxygen atoms in total. The molecule has 1 aromatic heterocycles. The lowest BCUT2D eigenvalue weighted by Gasteiger charge is -2.37. The Morgan fingerprint density at radius 2 is 1.88 bits per heavy atom. The number of rotatable bonds is 3. The third-order valence-corrected chi connectivity index (χ3v) is 4.96. The largest absolute Gasteiger partial charge is 0.354 e. The molecule has 1 amide bonds. The van der Waals surface area contributed by atoms with E-state index >= 15 is 0 Å². The summed E-state index contributed by atoms with van der Waals surface area (Å²) in [5, 5.41) is 3.87. The minimum atomic E-state index is -0.481. The number of benzene rings is 1. The van der Waals surface area contributed by atoms with Gasteiger partial charge in [0.1, 0.15) is 0 Å². The Hall–Kier alpha value is -2.15. The van der Waals surface area contributed by atoms with Gasteiger partial charge in [0.15, 0.2) is 5.79 Å². The first-order chi connectivity index (χ1) is 12.6. The molecule has 1 spiro atoms. The van der Waals surface area contributed by atoms with Gasteiger partial charge in [-0.05, 0) is 24.3 Å². The van der Waals surface area contributed by atoms with Crippen molar-refractivity contribution in [3.63, 3.8) is 0 Å². The van der Waals surface area contributed by atoms with Gasteiger partial charge in [-0.25, -0.2) is 0 Å². The first-order valence-corrected chi connectivity index (χ1v) is 9.06. The number of nitrogens with one attached hydrogen (secondary N) is 1. The molecule has 26 heavy (non-hydrogen) atoms. The van der Waals surface area contributed by atoms with Crippen LogP contribution in [0.1, 0.15) is 23.2 Å². The summed E-state index contributed by atoms with van der Waals surface area (Å²) < 4.78 is 11.4. The molecular weight excluding hydrogens is 354 g/mol. The lowest BCUT2D eigenvalue weighted by atomic mass is 10.0. The second-order valence-corrected chi connectivity index (χ2v) is 6.93. The van der Waals surface area contributed by atoms with Crippen molar-refractivity contribution in [1.29, 1.82) is 0 Å². The summed E-state index contributed by atoms with van der Waals surface area (Å²) in [4.78, 5) is 18.8. The maximum absolute atomic E-state index is 12.8. The van der Waals surface area contributed by atoms with E-state index in [9.17, 15) is 4.79 Å². The Morgan fingerprint density at radius 1 is 1.12 bits per heavy atom.